The molecule has 2 rings (SSSR count). The van der Waals surface area contributed by atoms with Crippen molar-refractivity contribution < 1.29 is 0 Å². The lowest BCUT2D eigenvalue weighted by atomic mass is 10.2. The molecule has 0 aromatic carbocycles. The summed E-state index contributed by atoms with van der Waals surface area (Å²) < 4.78 is 0. The number of rotatable bonds is 5. The standard InChI is InChI=1S/C13H17N5/c1-18(9-6-11-4-2-3-7-15-11)10-13-16-8-5-12(14)17-13/h2-5,7-8H,6,9-10H2,1H3,(H2,14,16,17). The number of nitrogens with zero attached hydrogens (tertiary/aromatic N) is 4. The van der Waals surface area contributed by atoms with Crippen LogP contribution in [0.5, 0.6) is 0 Å². The second kappa shape index (κ2) is 6.07. The quantitative estimate of drug-likeness (QED) is 0.852. The lowest BCUT2D eigenvalue weighted by molar-refractivity contribution is 0.321. The summed E-state index contributed by atoms with van der Waals surface area (Å²) in [6.07, 6.45) is 4.42. The van der Waals surface area contributed by atoms with Crippen LogP contribution in [0.2, 0.25) is 0 Å². The van der Waals surface area contributed by atoms with Crippen LogP contribution < -0.4 is 5.73 Å². The molecule has 0 atom stereocenters. The Kier molecular flexibility index (Phi) is 4.20. The summed E-state index contributed by atoms with van der Waals surface area (Å²) in [6.45, 7) is 1.60. The molecule has 0 bridgehead atoms. The van der Waals surface area contributed by atoms with E-state index in [0.717, 1.165) is 24.5 Å². The van der Waals surface area contributed by atoms with E-state index in [2.05, 4.69) is 19.9 Å². The predicted octanol–water partition coefficient (Wildman–Crippen LogP) is 1.13. The number of nitrogens with two attached hydrogens (primary N) is 1. The number of hydrogen-bond donors (Lipinski definition) is 1. The highest BCUT2D eigenvalue weighted by molar-refractivity contribution is 5.24. The van der Waals surface area contributed by atoms with Crippen molar-refractivity contribution in [1.29, 1.82) is 0 Å². The Morgan fingerprint density at radius 3 is 2.78 bits per heavy atom. The van der Waals surface area contributed by atoms with Gasteiger partial charge in [-0.2, -0.15) is 0 Å². The summed E-state index contributed by atoms with van der Waals surface area (Å²) in [5.41, 5.74) is 6.71. The molecule has 2 aromatic rings. The topological polar surface area (TPSA) is 67.9 Å². The molecule has 0 aliphatic rings. The van der Waals surface area contributed by atoms with E-state index in [1.165, 1.54) is 0 Å². The average molecular weight is 243 g/mol. The van der Waals surface area contributed by atoms with Gasteiger partial charge in [0.2, 0.25) is 0 Å². The lowest BCUT2D eigenvalue weighted by Gasteiger charge is -2.15. The first-order valence-electron chi connectivity index (χ1n) is 5.90. The molecular weight excluding hydrogens is 226 g/mol. The van der Waals surface area contributed by atoms with Crippen molar-refractivity contribution in [3.8, 4) is 0 Å². The summed E-state index contributed by atoms with van der Waals surface area (Å²) in [4.78, 5) is 14.8. The van der Waals surface area contributed by atoms with E-state index >= 15 is 0 Å². The lowest BCUT2D eigenvalue weighted by Crippen LogP contribution is -2.22. The highest BCUT2D eigenvalue weighted by Crippen LogP contribution is 2.01. The van der Waals surface area contributed by atoms with Gasteiger partial charge in [0.1, 0.15) is 11.6 Å². The van der Waals surface area contributed by atoms with Crippen LogP contribution in [0.4, 0.5) is 5.82 Å². The van der Waals surface area contributed by atoms with Crippen molar-refractivity contribution in [3.63, 3.8) is 0 Å². The number of nitrogen functional groups attached to an aromatic ring is 1. The summed E-state index contributed by atoms with van der Waals surface area (Å²) in [7, 11) is 2.04. The van der Waals surface area contributed by atoms with Crippen LogP contribution in [-0.2, 0) is 13.0 Å². The van der Waals surface area contributed by atoms with E-state index in [9.17, 15) is 0 Å². The summed E-state index contributed by atoms with van der Waals surface area (Å²) in [5, 5.41) is 0. The van der Waals surface area contributed by atoms with Crippen LogP contribution in [-0.4, -0.2) is 33.4 Å². The Bertz CT molecular complexity index is 486. The number of hydrogen-bond acceptors (Lipinski definition) is 5. The van der Waals surface area contributed by atoms with Gasteiger partial charge in [0, 0.05) is 31.1 Å². The molecule has 0 aliphatic heterocycles. The maximum atomic E-state index is 5.62. The van der Waals surface area contributed by atoms with Crippen molar-refractivity contribution in [3.05, 3.63) is 48.2 Å². The van der Waals surface area contributed by atoms with Gasteiger partial charge >= 0.3 is 0 Å². The minimum absolute atomic E-state index is 0.512. The molecule has 2 N–H and O–H groups in total. The van der Waals surface area contributed by atoms with Gasteiger partial charge in [-0.1, -0.05) is 6.07 Å². The minimum atomic E-state index is 0.512. The number of pyridine rings is 1. The zero-order valence-electron chi connectivity index (χ0n) is 10.5. The molecule has 2 aromatic heterocycles. The highest BCUT2D eigenvalue weighted by Gasteiger charge is 2.04. The van der Waals surface area contributed by atoms with E-state index in [0.29, 0.717) is 12.4 Å². The molecule has 0 radical (unpaired) electrons. The van der Waals surface area contributed by atoms with Crippen LogP contribution >= 0.6 is 0 Å². The van der Waals surface area contributed by atoms with Crippen molar-refractivity contribution in [2.24, 2.45) is 0 Å². The fourth-order valence-electron chi connectivity index (χ4n) is 1.66. The second-order valence-corrected chi connectivity index (χ2v) is 4.21. The van der Waals surface area contributed by atoms with Crippen LogP contribution in [0, 0.1) is 0 Å². The predicted molar refractivity (Wildman–Crippen MR) is 70.7 cm³/mol. The fraction of sp³-hybridized carbons (Fsp3) is 0.308. The first kappa shape index (κ1) is 12.4. The maximum Gasteiger partial charge on any atom is 0.144 e. The Morgan fingerprint density at radius 2 is 2.06 bits per heavy atom. The largest absolute Gasteiger partial charge is 0.384 e. The van der Waals surface area contributed by atoms with Crippen LogP contribution in [0.15, 0.2) is 36.7 Å². The molecule has 0 amide bonds. The maximum absolute atomic E-state index is 5.62. The van der Waals surface area contributed by atoms with Crippen LogP contribution in [0.1, 0.15) is 11.5 Å². The van der Waals surface area contributed by atoms with Gasteiger partial charge in [-0.15, -0.1) is 0 Å². The van der Waals surface area contributed by atoms with Gasteiger partial charge in [-0.3, -0.25) is 9.88 Å². The van der Waals surface area contributed by atoms with Gasteiger partial charge in [-0.25, -0.2) is 9.97 Å². The molecule has 0 saturated carbocycles. The number of aromatic nitrogens is 3. The van der Waals surface area contributed by atoms with E-state index in [1.54, 1.807) is 12.3 Å². The van der Waals surface area contributed by atoms with Crippen molar-refractivity contribution in [1.82, 2.24) is 19.9 Å². The molecule has 94 valence electrons. The summed E-state index contributed by atoms with van der Waals surface area (Å²) in [6, 6.07) is 7.65. The summed E-state index contributed by atoms with van der Waals surface area (Å²) >= 11 is 0. The number of anilines is 1. The van der Waals surface area contributed by atoms with Gasteiger partial charge in [0.15, 0.2) is 0 Å². The van der Waals surface area contributed by atoms with E-state index in [-0.39, 0.29) is 0 Å². The third kappa shape index (κ3) is 3.78. The smallest absolute Gasteiger partial charge is 0.144 e. The second-order valence-electron chi connectivity index (χ2n) is 4.21. The van der Waals surface area contributed by atoms with Gasteiger partial charge < -0.3 is 5.73 Å². The molecular formula is C13H17N5. The molecule has 0 spiro atoms. The van der Waals surface area contributed by atoms with E-state index < -0.39 is 0 Å². The van der Waals surface area contributed by atoms with Crippen molar-refractivity contribution in [2.45, 2.75) is 13.0 Å². The molecule has 0 unspecified atom stereocenters. The monoisotopic (exact) mass is 243 g/mol. The van der Waals surface area contributed by atoms with Crippen LogP contribution in [0.3, 0.4) is 0 Å². The minimum Gasteiger partial charge on any atom is -0.384 e. The average Bonchev–Trinajstić information content (AvgIpc) is 2.38. The van der Waals surface area contributed by atoms with E-state index in [1.807, 2.05) is 31.4 Å². The molecule has 0 fully saturated rings. The number of likely N-dealkylation sites (N-methyl/N-ethyl adjacent to an activating group) is 1. The van der Waals surface area contributed by atoms with Crippen LogP contribution in [0.25, 0.3) is 0 Å². The Balaban J connectivity index is 1.84. The first-order valence-corrected chi connectivity index (χ1v) is 5.90. The van der Waals surface area contributed by atoms with E-state index in [4.69, 9.17) is 5.73 Å². The van der Waals surface area contributed by atoms with Crippen molar-refractivity contribution in [2.75, 3.05) is 19.3 Å². The first-order chi connectivity index (χ1) is 8.74. The zero-order chi connectivity index (χ0) is 12.8. The normalized spacial score (nSPS) is 10.8. The molecule has 18 heavy (non-hydrogen) atoms. The third-order valence-electron chi connectivity index (χ3n) is 2.61. The Morgan fingerprint density at radius 1 is 1.17 bits per heavy atom. The fourth-order valence-corrected chi connectivity index (χ4v) is 1.66. The summed E-state index contributed by atoms with van der Waals surface area (Å²) in [5.74, 6) is 1.26. The molecule has 0 aliphatic carbocycles. The van der Waals surface area contributed by atoms with Gasteiger partial charge in [0.05, 0.1) is 6.54 Å². The van der Waals surface area contributed by atoms with Crippen molar-refractivity contribution >= 4 is 5.82 Å². The Labute approximate surface area is 107 Å². The molecule has 5 heteroatoms. The molecule has 5 nitrogen and oxygen atoms in total. The SMILES string of the molecule is CN(CCc1ccccn1)Cc1nccc(N)n1. The highest BCUT2D eigenvalue weighted by atomic mass is 15.1. The molecule has 2 heterocycles. The third-order valence-corrected chi connectivity index (χ3v) is 2.61. The van der Waals surface area contributed by atoms with Gasteiger partial charge in [0.25, 0.3) is 0 Å². The zero-order valence-corrected chi connectivity index (χ0v) is 10.5. The van der Waals surface area contributed by atoms with Gasteiger partial charge in [-0.05, 0) is 25.2 Å². The molecule has 0 saturated heterocycles. The Hall–Kier alpha value is -2.01.